The van der Waals surface area contributed by atoms with Crippen LogP contribution in [0.25, 0.3) is 0 Å². The molecule has 29 heavy (non-hydrogen) atoms. The highest BCUT2D eigenvalue weighted by Crippen LogP contribution is 2.24. The molecule has 0 bridgehead atoms. The van der Waals surface area contributed by atoms with Gasteiger partial charge < -0.3 is 15.2 Å². The Kier molecular flexibility index (Phi) is 5.89. The Hall–Kier alpha value is -3.32. The first-order valence-corrected chi connectivity index (χ1v) is 9.31. The molecule has 0 aliphatic rings. The Morgan fingerprint density at radius 2 is 1.48 bits per heavy atom. The average Bonchev–Trinajstić information content (AvgIpc) is 3.12. The van der Waals surface area contributed by atoms with Crippen molar-refractivity contribution in [3.63, 3.8) is 0 Å². The fraction of sp³-hybridized carbons (Fsp3) is 0.190. The van der Waals surface area contributed by atoms with E-state index in [9.17, 15) is 9.59 Å². The number of rotatable bonds is 4. The van der Waals surface area contributed by atoms with Crippen molar-refractivity contribution in [3.8, 4) is 0 Å². The highest BCUT2D eigenvalue weighted by Gasteiger charge is 2.20. The van der Waals surface area contributed by atoms with Crippen molar-refractivity contribution in [2.45, 2.75) is 26.2 Å². The number of hydrogen-bond donors (Lipinski definition) is 3. The Morgan fingerprint density at radius 3 is 2.03 bits per heavy atom. The van der Waals surface area contributed by atoms with E-state index in [-0.39, 0.29) is 11.3 Å². The van der Waals surface area contributed by atoms with E-state index in [1.807, 2.05) is 20.8 Å². The van der Waals surface area contributed by atoms with Gasteiger partial charge in [-0.1, -0.05) is 37.5 Å². The van der Waals surface area contributed by atoms with Crippen LogP contribution in [0.2, 0.25) is 5.02 Å². The normalized spacial score (nSPS) is 11.0. The molecule has 8 heteroatoms. The van der Waals surface area contributed by atoms with Crippen LogP contribution >= 0.6 is 11.6 Å². The summed E-state index contributed by atoms with van der Waals surface area (Å²) in [6.45, 7) is 5.97. The minimum Gasteiger partial charge on any atom is -0.359 e. The highest BCUT2D eigenvalue weighted by atomic mass is 35.5. The number of nitrogens with zero attached hydrogens (tertiary/aromatic N) is 1. The van der Waals surface area contributed by atoms with Crippen molar-refractivity contribution in [1.82, 2.24) is 5.16 Å². The molecule has 3 amide bonds. The molecule has 3 rings (SSSR count). The number of carbonyl (C=O) groups excluding carboxylic acids is 2. The number of amides is 3. The largest absolute Gasteiger partial charge is 0.359 e. The van der Waals surface area contributed by atoms with Crippen LogP contribution in [0.5, 0.6) is 0 Å². The molecule has 0 saturated heterocycles. The molecule has 1 aromatic heterocycles. The van der Waals surface area contributed by atoms with E-state index in [0.717, 1.165) is 0 Å². The zero-order valence-electron chi connectivity index (χ0n) is 16.2. The molecule has 7 nitrogen and oxygen atoms in total. The van der Waals surface area contributed by atoms with Gasteiger partial charge in [-0.3, -0.25) is 10.1 Å². The topological polar surface area (TPSA) is 96.3 Å². The molecule has 2 aromatic carbocycles. The first-order valence-electron chi connectivity index (χ1n) is 8.93. The van der Waals surface area contributed by atoms with Gasteiger partial charge in [-0.2, -0.15) is 0 Å². The Bertz CT molecular complexity index is 1010. The van der Waals surface area contributed by atoms with Gasteiger partial charge in [-0.05, 0) is 48.5 Å². The third-order valence-corrected chi connectivity index (χ3v) is 4.25. The molecule has 0 aliphatic heterocycles. The van der Waals surface area contributed by atoms with E-state index in [1.54, 1.807) is 54.6 Å². The molecule has 0 atom stereocenters. The van der Waals surface area contributed by atoms with Crippen molar-refractivity contribution in [2.24, 2.45) is 0 Å². The third-order valence-electron chi connectivity index (χ3n) is 4.00. The van der Waals surface area contributed by atoms with Crippen LogP contribution in [0.15, 0.2) is 59.1 Å². The van der Waals surface area contributed by atoms with E-state index in [2.05, 4.69) is 21.1 Å². The number of hydrogen-bond acceptors (Lipinski definition) is 4. The molecular weight excluding hydrogens is 392 g/mol. The third kappa shape index (κ3) is 5.58. The minimum atomic E-state index is -0.447. The van der Waals surface area contributed by atoms with E-state index >= 15 is 0 Å². The smallest absolute Gasteiger partial charge is 0.324 e. The molecule has 0 unspecified atom stereocenters. The summed E-state index contributed by atoms with van der Waals surface area (Å²) < 4.78 is 5.24. The molecule has 3 aromatic rings. The van der Waals surface area contributed by atoms with E-state index in [0.29, 0.717) is 33.5 Å². The summed E-state index contributed by atoms with van der Waals surface area (Å²) in [5.41, 5.74) is 1.46. The second-order valence-corrected chi connectivity index (χ2v) is 7.88. The first kappa shape index (κ1) is 20.4. The Balaban J connectivity index is 1.56. The number of nitrogens with one attached hydrogen (secondary N) is 3. The standard InChI is InChI=1S/C21H21ClN4O3/c1-21(2,3)17-12-18(26-29-17)25-20(28)24-16-10-8-15(9-11-16)23-19(27)13-4-6-14(22)7-5-13/h4-12H,1-3H3,(H,23,27)(H2,24,25,26,28). The molecule has 0 spiro atoms. The maximum atomic E-state index is 12.2. The second-order valence-electron chi connectivity index (χ2n) is 7.44. The zero-order valence-corrected chi connectivity index (χ0v) is 17.0. The van der Waals surface area contributed by atoms with Gasteiger partial charge in [0.25, 0.3) is 5.91 Å². The first-order chi connectivity index (χ1) is 13.7. The summed E-state index contributed by atoms with van der Waals surface area (Å²) in [4.78, 5) is 24.3. The molecule has 0 aliphatic carbocycles. The van der Waals surface area contributed by atoms with E-state index < -0.39 is 6.03 Å². The summed E-state index contributed by atoms with van der Waals surface area (Å²) >= 11 is 5.83. The molecule has 150 valence electrons. The summed E-state index contributed by atoms with van der Waals surface area (Å²) in [5.74, 6) is 0.758. The SMILES string of the molecule is CC(C)(C)c1cc(NC(=O)Nc2ccc(NC(=O)c3ccc(Cl)cc3)cc2)no1. The van der Waals surface area contributed by atoms with Crippen molar-refractivity contribution in [2.75, 3.05) is 16.0 Å². The van der Waals surface area contributed by atoms with Gasteiger partial charge in [-0.15, -0.1) is 0 Å². The maximum absolute atomic E-state index is 12.2. The Morgan fingerprint density at radius 1 is 0.897 bits per heavy atom. The van der Waals surface area contributed by atoms with Crippen LogP contribution in [-0.4, -0.2) is 17.1 Å². The average molecular weight is 413 g/mol. The molecule has 0 saturated carbocycles. The quantitative estimate of drug-likeness (QED) is 0.525. The van der Waals surface area contributed by atoms with Crippen molar-refractivity contribution in [1.29, 1.82) is 0 Å². The number of urea groups is 1. The van der Waals surface area contributed by atoms with Gasteiger partial charge in [0, 0.05) is 33.4 Å². The highest BCUT2D eigenvalue weighted by molar-refractivity contribution is 6.30. The zero-order chi connectivity index (χ0) is 21.0. The molecule has 0 radical (unpaired) electrons. The lowest BCUT2D eigenvalue weighted by Crippen LogP contribution is -2.19. The predicted octanol–water partition coefficient (Wildman–Crippen LogP) is 5.52. The van der Waals surface area contributed by atoms with Gasteiger partial charge >= 0.3 is 6.03 Å². The number of benzene rings is 2. The fourth-order valence-corrected chi connectivity index (χ4v) is 2.53. The van der Waals surface area contributed by atoms with Gasteiger partial charge in [-0.25, -0.2) is 4.79 Å². The van der Waals surface area contributed by atoms with Crippen molar-refractivity contribution in [3.05, 3.63) is 70.9 Å². The molecular formula is C21H21ClN4O3. The van der Waals surface area contributed by atoms with Gasteiger partial charge in [0.2, 0.25) is 0 Å². The van der Waals surface area contributed by atoms with Crippen LogP contribution in [-0.2, 0) is 5.41 Å². The van der Waals surface area contributed by atoms with Crippen molar-refractivity contribution < 1.29 is 14.1 Å². The van der Waals surface area contributed by atoms with E-state index in [4.69, 9.17) is 16.1 Å². The predicted molar refractivity (Wildman–Crippen MR) is 114 cm³/mol. The number of anilines is 3. The number of halogens is 1. The monoisotopic (exact) mass is 412 g/mol. The van der Waals surface area contributed by atoms with Crippen LogP contribution < -0.4 is 16.0 Å². The van der Waals surface area contributed by atoms with Crippen LogP contribution in [0.3, 0.4) is 0 Å². The fourth-order valence-electron chi connectivity index (χ4n) is 2.41. The maximum Gasteiger partial charge on any atom is 0.324 e. The number of carbonyl (C=O) groups is 2. The summed E-state index contributed by atoms with van der Waals surface area (Å²) in [7, 11) is 0. The van der Waals surface area contributed by atoms with Gasteiger partial charge in [0.05, 0.1) is 0 Å². The van der Waals surface area contributed by atoms with Crippen LogP contribution in [0, 0.1) is 0 Å². The summed E-state index contributed by atoms with van der Waals surface area (Å²) in [6, 6.07) is 14.6. The lowest BCUT2D eigenvalue weighted by atomic mass is 9.93. The lowest BCUT2D eigenvalue weighted by molar-refractivity contribution is 0.102. The van der Waals surface area contributed by atoms with Crippen molar-refractivity contribution >= 4 is 40.7 Å². The Labute approximate surface area is 173 Å². The summed E-state index contributed by atoms with van der Waals surface area (Å²) in [5, 5.41) is 12.5. The summed E-state index contributed by atoms with van der Waals surface area (Å²) in [6.07, 6.45) is 0. The molecule has 3 N–H and O–H groups in total. The van der Waals surface area contributed by atoms with Crippen LogP contribution in [0.4, 0.5) is 22.0 Å². The minimum absolute atomic E-state index is 0.199. The van der Waals surface area contributed by atoms with Crippen LogP contribution in [0.1, 0.15) is 36.9 Å². The molecule has 0 fully saturated rings. The lowest BCUT2D eigenvalue weighted by Gasteiger charge is -2.12. The van der Waals surface area contributed by atoms with Gasteiger partial charge in [0.1, 0.15) is 5.76 Å². The second kappa shape index (κ2) is 8.36. The molecule has 1 heterocycles. The van der Waals surface area contributed by atoms with Gasteiger partial charge in [0.15, 0.2) is 5.82 Å². The van der Waals surface area contributed by atoms with E-state index in [1.165, 1.54) is 0 Å². The number of aromatic nitrogens is 1.